The second-order valence-corrected chi connectivity index (χ2v) is 7.80. The van der Waals surface area contributed by atoms with Crippen LogP contribution in [0.25, 0.3) is 6.08 Å². The highest BCUT2D eigenvalue weighted by atomic mass is 35.5. The lowest BCUT2D eigenvalue weighted by Gasteiger charge is -2.28. The molecule has 1 aromatic rings. The number of hydrogen-bond acceptors (Lipinski definition) is 3. The number of nitrogens with zero attached hydrogens (tertiary/aromatic N) is 1. The molecule has 1 N–H and O–H groups in total. The molecule has 0 spiro atoms. The summed E-state index contributed by atoms with van der Waals surface area (Å²) in [5, 5.41) is 0.406. The summed E-state index contributed by atoms with van der Waals surface area (Å²) in [5.41, 5.74) is 1.80. The fourth-order valence-electron chi connectivity index (χ4n) is 1.64. The minimum absolute atomic E-state index is 0.138. The van der Waals surface area contributed by atoms with Crippen LogP contribution in [-0.2, 0) is 11.4 Å². The highest BCUT2D eigenvalue weighted by molar-refractivity contribution is 7.90. The summed E-state index contributed by atoms with van der Waals surface area (Å²) in [6.45, 7) is 13.3. The van der Waals surface area contributed by atoms with Gasteiger partial charge in [-0.2, -0.15) is 0 Å². The van der Waals surface area contributed by atoms with Crippen molar-refractivity contribution < 1.29 is 4.55 Å². The second kappa shape index (κ2) is 7.27. The molecule has 2 atom stereocenters. The Morgan fingerprint density at radius 1 is 1.50 bits per heavy atom. The predicted molar refractivity (Wildman–Crippen MR) is 87.9 cm³/mol. The van der Waals surface area contributed by atoms with E-state index in [4.69, 9.17) is 11.6 Å². The number of pyridine rings is 1. The third-order valence-electron chi connectivity index (χ3n) is 2.74. The Hall–Kier alpha value is -0.810. The Balaban J connectivity index is 3.10. The van der Waals surface area contributed by atoms with Crippen molar-refractivity contribution in [2.24, 2.45) is 0 Å². The van der Waals surface area contributed by atoms with E-state index in [1.807, 2.05) is 20.8 Å². The quantitative estimate of drug-likeness (QED) is 0.490. The van der Waals surface area contributed by atoms with Gasteiger partial charge >= 0.3 is 0 Å². The minimum atomic E-state index is -1.18. The Morgan fingerprint density at radius 3 is 2.65 bits per heavy atom. The van der Waals surface area contributed by atoms with Crippen LogP contribution in [0.4, 0.5) is 0 Å². The van der Waals surface area contributed by atoms with Crippen molar-refractivity contribution in [3.8, 4) is 0 Å². The maximum absolute atomic E-state index is 12.3. The molecule has 1 rings (SSSR count). The third-order valence-corrected chi connectivity index (χ3v) is 4.56. The van der Waals surface area contributed by atoms with Crippen molar-refractivity contribution in [2.45, 2.75) is 38.0 Å². The van der Waals surface area contributed by atoms with Gasteiger partial charge in [0.15, 0.2) is 0 Å². The molecule has 110 valence electrons. The smallest absolute Gasteiger partial charge is 0.136 e. The fraction of sp³-hybridized carbons (Fsp3) is 0.400. The number of nitrogens with one attached hydrogen (secondary N) is 1. The summed E-state index contributed by atoms with van der Waals surface area (Å²) < 4.78 is 15.1. The summed E-state index contributed by atoms with van der Waals surface area (Å²) in [6.07, 6.45) is 5.82. The zero-order chi connectivity index (χ0) is 15.3. The summed E-state index contributed by atoms with van der Waals surface area (Å²) in [7, 11) is 0. The van der Waals surface area contributed by atoms with Crippen molar-refractivity contribution in [1.29, 1.82) is 0 Å². The third kappa shape index (κ3) is 4.63. The molecular formula is C15H21ClN2OS. The Bertz CT molecular complexity index is 485. The molecule has 1 heterocycles. The van der Waals surface area contributed by atoms with Crippen molar-refractivity contribution in [3.05, 3.63) is 47.8 Å². The lowest BCUT2D eigenvalue weighted by molar-refractivity contribution is 0.524. The van der Waals surface area contributed by atoms with E-state index < -0.39 is 11.4 Å². The van der Waals surface area contributed by atoms with E-state index in [0.717, 1.165) is 11.1 Å². The molecule has 5 heteroatoms. The average molecular weight is 313 g/mol. The van der Waals surface area contributed by atoms with E-state index in [1.165, 1.54) is 0 Å². The molecule has 0 radical (unpaired) electrons. The first kappa shape index (κ1) is 17.2. The minimum Gasteiger partial charge on any atom is -0.598 e. The number of halogens is 1. The van der Waals surface area contributed by atoms with E-state index >= 15 is 0 Å². The van der Waals surface area contributed by atoms with Crippen LogP contribution < -0.4 is 4.72 Å². The van der Waals surface area contributed by atoms with Gasteiger partial charge < -0.3 is 4.55 Å². The SMILES string of the molecule is C=CC[C@H](N[S@@+]([O-])C(C)(C)C)c1cc(Cl)ncc1C=C. The molecule has 0 aliphatic carbocycles. The first-order valence-corrected chi connectivity index (χ1v) is 7.89. The fourth-order valence-corrected chi connectivity index (χ4v) is 2.64. The van der Waals surface area contributed by atoms with Crippen LogP contribution >= 0.6 is 11.6 Å². The number of aromatic nitrogens is 1. The molecule has 0 aliphatic rings. The van der Waals surface area contributed by atoms with Crippen LogP contribution in [0.3, 0.4) is 0 Å². The lowest BCUT2D eigenvalue weighted by atomic mass is 10.0. The van der Waals surface area contributed by atoms with E-state index in [1.54, 1.807) is 24.4 Å². The molecule has 0 aliphatic heterocycles. The standard InChI is InChI=1S/C15H21ClN2OS/c1-6-8-13(18-20(19)15(3,4)5)12-9-14(16)17-10-11(12)7-2/h6-7,9-10,13,18H,1-2,8H2,3-5H3/t13-,20-/m0/s1. The molecule has 0 amide bonds. The van der Waals surface area contributed by atoms with Gasteiger partial charge in [-0.25, -0.2) is 4.98 Å². The van der Waals surface area contributed by atoms with Crippen molar-refractivity contribution in [2.75, 3.05) is 0 Å². The van der Waals surface area contributed by atoms with Gasteiger partial charge in [0.05, 0.1) is 6.04 Å². The van der Waals surface area contributed by atoms with E-state index in [2.05, 4.69) is 22.9 Å². The lowest BCUT2D eigenvalue weighted by Crippen LogP contribution is -2.41. The highest BCUT2D eigenvalue weighted by Crippen LogP contribution is 2.27. The topological polar surface area (TPSA) is 48.0 Å². The van der Waals surface area contributed by atoms with Crippen LogP contribution in [-0.4, -0.2) is 14.3 Å². The molecule has 20 heavy (non-hydrogen) atoms. The van der Waals surface area contributed by atoms with Crippen LogP contribution in [0.5, 0.6) is 0 Å². The molecule has 0 unspecified atom stereocenters. The van der Waals surface area contributed by atoms with Gasteiger partial charge in [-0.1, -0.05) is 30.3 Å². The van der Waals surface area contributed by atoms with Crippen LogP contribution in [0.15, 0.2) is 31.5 Å². The molecule has 0 saturated carbocycles. The van der Waals surface area contributed by atoms with Crippen LogP contribution in [0.2, 0.25) is 5.15 Å². The Kier molecular flexibility index (Phi) is 6.27. The molecule has 3 nitrogen and oxygen atoms in total. The maximum Gasteiger partial charge on any atom is 0.136 e. The predicted octanol–water partition coefficient (Wildman–Crippen LogP) is 4.05. The molecular weight excluding hydrogens is 292 g/mol. The Labute approximate surface area is 129 Å². The summed E-state index contributed by atoms with van der Waals surface area (Å²) in [6, 6.07) is 1.64. The monoisotopic (exact) mass is 312 g/mol. The van der Waals surface area contributed by atoms with Gasteiger partial charge in [0.2, 0.25) is 0 Å². The van der Waals surface area contributed by atoms with Crippen molar-refractivity contribution in [3.63, 3.8) is 0 Å². The normalized spacial score (nSPS) is 14.7. The first-order valence-electron chi connectivity index (χ1n) is 6.36. The van der Waals surface area contributed by atoms with Crippen LogP contribution in [0, 0.1) is 0 Å². The largest absolute Gasteiger partial charge is 0.598 e. The van der Waals surface area contributed by atoms with Gasteiger partial charge in [0.25, 0.3) is 0 Å². The molecule has 0 aromatic carbocycles. The van der Waals surface area contributed by atoms with Gasteiger partial charge in [-0.15, -0.1) is 11.3 Å². The molecule has 1 aromatic heterocycles. The average Bonchev–Trinajstić information content (AvgIpc) is 2.37. The van der Waals surface area contributed by atoms with Gasteiger partial charge in [0.1, 0.15) is 9.90 Å². The van der Waals surface area contributed by atoms with Gasteiger partial charge in [-0.05, 0) is 44.4 Å². The van der Waals surface area contributed by atoms with Crippen LogP contribution in [0.1, 0.15) is 44.4 Å². The highest BCUT2D eigenvalue weighted by Gasteiger charge is 2.30. The van der Waals surface area contributed by atoms with Gasteiger partial charge in [0, 0.05) is 17.6 Å². The summed E-state index contributed by atoms with van der Waals surface area (Å²) in [4.78, 5) is 4.05. The summed E-state index contributed by atoms with van der Waals surface area (Å²) >= 11 is 4.79. The van der Waals surface area contributed by atoms with E-state index in [-0.39, 0.29) is 10.8 Å². The zero-order valence-electron chi connectivity index (χ0n) is 12.1. The first-order chi connectivity index (χ1) is 9.29. The number of hydrogen-bond donors (Lipinski definition) is 1. The molecule has 0 fully saturated rings. The zero-order valence-corrected chi connectivity index (χ0v) is 13.7. The second-order valence-electron chi connectivity index (χ2n) is 5.42. The van der Waals surface area contributed by atoms with Crippen molar-refractivity contribution in [1.82, 2.24) is 9.71 Å². The summed E-state index contributed by atoms with van der Waals surface area (Å²) in [5.74, 6) is 0. The van der Waals surface area contributed by atoms with E-state index in [9.17, 15) is 4.55 Å². The molecule has 0 bridgehead atoms. The maximum atomic E-state index is 12.3. The molecule has 0 saturated heterocycles. The number of rotatable bonds is 6. The Morgan fingerprint density at radius 2 is 2.15 bits per heavy atom. The van der Waals surface area contributed by atoms with Gasteiger partial charge in [-0.3, -0.25) is 0 Å². The van der Waals surface area contributed by atoms with E-state index in [0.29, 0.717) is 11.6 Å². The van der Waals surface area contributed by atoms with Crippen molar-refractivity contribution >= 4 is 29.0 Å².